The molecule has 54 valence electrons. The highest BCUT2D eigenvalue weighted by molar-refractivity contribution is 5.58. The van der Waals surface area contributed by atoms with Crippen LogP contribution in [0.5, 0.6) is 0 Å². The van der Waals surface area contributed by atoms with Crippen molar-refractivity contribution in [2.45, 2.75) is 0 Å². The van der Waals surface area contributed by atoms with Crippen molar-refractivity contribution >= 4 is 5.70 Å². The summed E-state index contributed by atoms with van der Waals surface area (Å²) in [5, 5.41) is 8.34. The third-order valence-corrected chi connectivity index (χ3v) is 1.12. The highest BCUT2D eigenvalue weighted by Gasteiger charge is 1.95. The van der Waals surface area contributed by atoms with Crippen LogP contribution in [-0.4, -0.2) is 9.97 Å². The fourth-order valence-electron chi connectivity index (χ4n) is 0.552. The highest BCUT2D eigenvalue weighted by atomic mass is 14.9. The van der Waals surface area contributed by atoms with Crippen LogP contribution < -0.4 is 5.73 Å². The van der Waals surface area contributed by atoms with Crippen LogP contribution in [0.3, 0.4) is 0 Å². The first kappa shape index (κ1) is 7.22. The zero-order chi connectivity index (χ0) is 8.27. The van der Waals surface area contributed by atoms with Crippen LogP contribution in [0.15, 0.2) is 19.0 Å². The number of nitriles is 1. The zero-order valence-electron chi connectivity index (χ0n) is 5.78. The molecule has 0 fully saturated rings. The quantitative estimate of drug-likeness (QED) is 0.617. The minimum atomic E-state index is 0.134. The van der Waals surface area contributed by atoms with Gasteiger partial charge in [0.2, 0.25) is 5.82 Å². The van der Waals surface area contributed by atoms with Gasteiger partial charge in [0.15, 0.2) is 0 Å². The van der Waals surface area contributed by atoms with E-state index in [1.54, 1.807) is 6.07 Å². The zero-order valence-corrected chi connectivity index (χ0v) is 5.78. The van der Waals surface area contributed by atoms with Gasteiger partial charge in [-0.2, -0.15) is 5.26 Å². The molecule has 1 rings (SSSR count). The second-order valence-electron chi connectivity index (χ2n) is 1.93. The van der Waals surface area contributed by atoms with Crippen molar-refractivity contribution in [3.8, 4) is 6.07 Å². The van der Waals surface area contributed by atoms with Gasteiger partial charge in [0.05, 0.1) is 0 Å². The minimum absolute atomic E-state index is 0.134. The minimum Gasteiger partial charge on any atom is -0.399 e. The first-order valence-electron chi connectivity index (χ1n) is 2.91. The molecule has 1 aromatic heterocycles. The topological polar surface area (TPSA) is 75.6 Å². The van der Waals surface area contributed by atoms with Crippen LogP contribution >= 0.6 is 0 Å². The molecule has 1 heterocycles. The van der Waals surface area contributed by atoms with Gasteiger partial charge in [0.25, 0.3) is 0 Å². The third kappa shape index (κ3) is 1.52. The lowest BCUT2D eigenvalue weighted by Crippen LogP contribution is -1.97. The van der Waals surface area contributed by atoms with Crippen LogP contribution in [0.4, 0.5) is 0 Å². The molecular formula is C7H6N4. The van der Waals surface area contributed by atoms with Gasteiger partial charge in [-0.15, -0.1) is 0 Å². The van der Waals surface area contributed by atoms with E-state index in [1.807, 2.05) is 0 Å². The van der Waals surface area contributed by atoms with Gasteiger partial charge in [0, 0.05) is 23.7 Å². The standard InChI is InChI=1S/C7H6N4/c1-5(9)6-3-10-7(2-8)11-4-6/h3-4H,1,9H2. The van der Waals surface area contributed by atoms with E-state index in [1.165, 1.54) is 12.4 Å². The van der Waals surface area contributed by atoms with E-state index in [4.69, 9.17) is 11.0 Å². The van der Waals surface area contributed by atoms with Gasteiger partial charge in [0.1, 0.15) is 6.07 Å². The van der Waals surface area contributed by atoms with Gasteiger partial charge in [-0.05, 0) is 0 Å². The summed E-state index contributed by atoms with van der Waals surface area (Å²) in [6, 6.07) is 1.80. The first-order valence-corrected chi connectivity index (χ1v) is 2.91. The van der Waals surface area contributed by atoms with Crippen molar-refractivity contribution in [1.82, 2.24) is 9.97 Å². The van der Waals surface area contributed by atoms with Gasteiger partial charge in [-0.25, -0.2) is 9.97 Å². The summed E-state index contributed by atoms with van der Waals surface area (Å²) in [6.07, 6.45) is 2.93. The molecule has 0 aliphatic heterocycles. The molecule has 0 saturated heterocycles. The number of rotatable bonds is 1. The fourth-order valence-corrected chi connectivity index (χ4v) is 0.552. The maximum absolute atomic E-state index is 8.34. The second-order valence-corrected chi connectivity index (χ2v) is 1.93. The summed E-state index contributed by atoms with van der Waals surface area (Å²) in [7, 11) is 0. The third-order valence-electron chi connectivity index (χ3n) is 1.12. The van der Waals surface area contributed by atoms with Crippen molar-refractivity contribution < 1.29 is 0 Å². The summed E-state index contributed by atoms with van der Waals surface area (Å²) < 4.78 is 0. The molecule has 1 aromatic rings. The highest BCUT2D eigenvalue weighted by Crippen LogP contribution is 2.01. The van der Waals surface area contributed by atoms with E-state index >= 15 is 0 Å². The predicted octanol–water partition coefficient (Wildman–Crippen LogP) is 0.278. The van der Waals surface area contributed by atoms with E-state index in [0.717, 1.165) is 0 Å². The average Bonchev–Trinajstić information content (AvgIpc) is 2.05. The largest absolute Gasteiger partial charge is 0.399 e. The number of nitrogens with two attached hydrogens (primary N) is 1. The maximum Gasteiger partial charge on any atom is 0.232 e. The van der Waals surface area contributed by atoms with Crippen LogP contribution in [0.25, 0.3) is 5.70 Å². The Balaban J connectivity index is 3.03. The van der Waals surface area contributed by atoms with Crippen molar-refractivity contribution in [2.75, 3.05) is 0 Å². The molecule has 0 aromatic carbocycles. The lowest BCUT2D eigenvalue weighted by atomic mass is 10.3. The van der Waals surface area contributed by atoms with Crippen molar-refractivity contribution in [1.29, 1.82) is 5.26 Å². The molecular weight excluding hydrogens is 140 g/mol. The molecule has 0 amide bonds. The fraction of sp³-hybridized carbons (Fsp3) is 0. The van der Waals surface area contributed by atoms with E-state index in [-0.39, 0.29) is 5.82 Å². The summed E-state index contributed by atoms with van der Waals surface area (Å²) in [5.74, 6) is 0.134. The Labute approximate surface area is 64.0 Å². The van der Waals surface area contributed by atoms with Crippen molar-refractivity contribution in [3.63, 3.8) is 0 Å². The normalized spacial score (nSPS) is 8.64. The van der Waals surface area contributed by atoms with E-state index < -0.39 is 0 Å². The molecule has 11 heavy (non-hydrogen) atoms. The van der Waals surface area contributed by atoms with Gasteiger partial charge in [-0.1, -0.05) is 6.58 Å². The molecule has 0 unspecified atom stereocenters. The Morgan fingerprint density at radius 3 is 2.45 bits per heavy atom. The van der Waals surface area contributed by atoms with Gasteiger partial charge >= 0.3 is 0 Å². The predicted molar refractivity (Wildman–Crippen MR) is 40.0 cm³/mol. The molecule has 0 aliphatic rings. The summed E-state index contributed by atoms with van der Waals surface area (Å²) in [6.45, 7) is 3.50. The lowest BCUT2D eigenvalue weighted by molar-refractivity contribution is 1.10. The molecule has 0 atom stereocenters. The molecule has 2 N–H and O–H groups in total. The Hall–Kier alpha value is -1.89. The molecule has 4 nitrogen and oxygen atoms in total. The number of hydrogen-bond acceptors (Lipinski definition) is 4. The summed E-state index contributed by atoms with van der Waals surface area (Å²) in [4.78, 5) is 7.41. The van der Waals surface area contributed by atoms with E-state index in [2.05, 4.69) is 16.5 Å². The number of hydrogen-bond donors (Lipinski definition) is 1. The Morgan fingerprint density at radius 1 is 1.55 bits per heavy atom. The Kier molecular flexibility index (Phi) is 1.83. The Morgan fingerprint density at radius 2 is 2.09 bits per heavy atom. The lowest BCUT2D eigenvalue weighted by Gasteiger charge is -1.95. The summed E-state index contributed by atoms with van der Waals surface area (Å²) >= 11 is 0. The Bertz CT molecular complexity index is 306. The molecule has 0 radical (unpaired) electrons. The molecule has 0 spiro atoms. The van der Waals surface area contributed by atoms with E-state index in [0.29, 0.717) is 11.3 Å². The number of nitrogens with zero attached hydrogens (tertiary/aromatic N) is 3. The first-order chi connectivity index (χ1) is 5.24. The van der Waals surface area contributed by atoms with Gasteiger partial charge < -0.3 is 5.73 Å². The maximum atomic E-state index is 8.34. The monoisotopic (exact) mass is 146 g/mol. The van der Waals surface area contributed by atoms with Crippen molar-refractivity contribution in [2.24, 2.45) is 5.73 Å². The van der Waals surface area contributed by atoms with Crippen LogP contribution in [-0.2, 0) is 0 Å². The second kappa shape index (κ2) is 2.80. The average molecular weight is 146 g/mol. The van der Waals surface area contributed by atoms with Crippen LogP contribution in [0.1, 0.15) is 11.4 Å². The SMILES string of the molecule is C=C(N)c1cnc(C#N)nc1. The molecule has 0 saturated carbocycles. The molecule has 0 bridgehead atoms. The van der Waals surface area contributed by atoms with Crippen LogP contribution in [0, 0.1) is 11.3 Å². The summed E-state index contributed by atoms with van der Waals surface area (Å²) in [5.41, 5.74) is 6.39. The number of aromatic nitrogens is 2. The van der Waals surface area contributed by atoms with Crippen molar-refractivity contribution in [3.05, 3.63) is 30.4 Å². The van der Waals surface area contributed by atoms with E-state index in [9.17, 15) is 0 Å². The van der Waals surface area contributed by atoms with Crippen LogP contribution in [0.2, 0.25) is 0 Å². The smallest absolute Gasteiger partial charge is 0.232 e. The van der Waals surface area contributed by atoms with Gasteiger partial charge in [-0.3, -0.25) is 0 Å². The molecule has 0 aliphatic carbocycles. The molecule has 4 heteroatoms.